The monoisotopic (exact) mass is 300 g/mol. The Morgan fingerprint density at radius 3 is 2.48 bits per heavy atom. The van der Waals surface area contributed by atoms with Crippen LogP contribution in [0.25, 0.3) is 16.5 Å². The zero-order valence-corrected chi connectivity index (χ0v) is 12.2. The summed E-state index contributed by atoms with van der Waals surface area (Å²) in [5, 5.41) is 1.67. The first-order valence-electron chi connectivity index (χ1n) is 6.80. The first-order valence-corrected chi connectivity index (χ1v) is 7.18. The van der Waals surface area contributed by atoms with Crippen LogP contribution in [0.2, 0.25) is 0 Å². The molecule has 2 aromatic rings. The highest BCUT2D eigenvalue weighted by molar-refractivity contribution is 6.50. The summed E-state index contributed by atoms with van der Waals surface area (Å²) in [4.78, 5) is 24.1. The fraction of sp³-hybridized carbons (Fsp3) is 0.176. The summed E-state index contributed by atoms with van der Waals surface area (Å²) in [6, 6.07) is 11.1. The van der Waals surface area contributed by atoms with Gasteiger partial charge in [0.2, 0.25) is 5.78 Å². The largest absolute Gasteiger partial charge is 0.424 e. The third kappa shape index (κ3) is 2.24. The number of benzene rings is 2. The van der Waals surface area contributed by atoms with Gasteiger partial charge in [0, 0.05) is 22.9 Å². The molecule has 3 rings (SSSR count). The molecule has 0 bridgehead atoms. The predicted octanol–water partition coefficient (Wildman–Crippen LogP) is 4.29. The van der Waals surface area contributed by atoms with Crippen LogP contribution in [0.1, 0.15) is 35.7 Å². The van der Waals surface area contributed by atoms with Crippen molar-refractivity contribution in [2.45, 2.75) is 19.8 Å². The van der Waals surface area contributed by atoms with Crippen molar-refractivity contribution in [1.29, 1.82) is 0 Å². The second-order valence-corrected chi connectivity index (χ2v) is 5.28. The van der Waals surface area contributed by atoms with Crippen molar-refractivity contribution in [2.75, 3.05) is 0 Å². The van der Waals surface area contributed by atoms with E-state index in [4.69, 9.17) is 16.3 Å². The van der Waals surface area contributed by atoms with Crippen LogP contribution in [0.15, 0.2) is 41.4 Å². The second-order valence-electron chi connectivity index (χ2n) is 4.91. The molecule has 1 aliphatic rings. The lowest BCUT2D eigenvalue weighted by molar-refractivity contribution is -0.136. The standard InChI is InChI=1S/C17H13ClO3/c1-2-5-13(19)21-17-12-9-4-7-10-6-3-8-11(14(10)12)16(20)15(17)18/h3-4,6-9H,2,5H2,1H3. The number of rotatable bonds is 3. The Labute approximate surface area is 127 Å². The maximum atomic E-state index is 12.4. The number of esters is 1. The molecule has 0 fully saturated rings. The Hall–Kier alpha value is -2.13. The van der Waals surface area contributed by atoms with E-state index < -0.39 is 0 Å². The highest BCUT2D eigenvalue weighted by Gasteiger charge is 2.28. The molecule has 0 saturated carbocycles. The fourth-order valence-electron chi connectivity index (χ4n) is 2.53. The molecule has 0 amide bonds. The van der Waals surface area contributed by atoms with Crippen LogP contribution >= 0.6 is 11.6 Å². The molecule has 0 heterocycles. The van der Waals surface area contributed by atoms with Crippen molar-refractivity contribution in [1.82, 2.24) is 0 Å². The minimum Gasteiger partial charge on any atom is -0.424 e. The fourth-order valence-corrected chi connectivity index (χ4v) is 2.77. The summed E-state index contributed by atoms with van der Waals surface area (Å²) in [5.74, 6) is -0.514. The van der Waals surface area contributed by atoms with Crippen LogP contribution in [-0.4, -0.2) is 11.8 Å². The molecule has 4 heteroatoms. The van der Waals surface area contributed by atoms with Crippen LogP contribution in [-0.2, 0) is 9.53 Å². The number of carbonyl (C=O) groups is 2. The lowest BCUT2D eigenvalue weighted by atomic mass is 9.91. The summed E-state index contributed by atoms with van der Waals surface area (Å²) < 4.78 is 5.35. The van der Waals surface area contributed by atoms with Gasteiger partial charge in [0.1, 0.15) is 5.03 Å². The zero-order chi connectivity index (χ0) is 15.0. The molecule has 0 aromatic heterocycles. The number of Topliss-reactive ketones (excluding diaryl/α,β-unsaturated/α-hetero) is 1. The van der Waals surface area contributed by atoms with Gasteiger partial charge >= 0.3 is 5.97 Å². The minimum atomic E-state index is -0.380. The van der Waals surface area contributed by atoms with E-state index in [9.17, 15) is 9.59 Å². The van der Waals surface area contributed by atoms with E-state index in [1.807, 2.05) is 37.3 Å². The predicted molar refractivity (Wildman–Crippen MR) is 82.1 cm³/mol. The smallest absolute Gasteiger partial charge is 0.311 e. The number of ether oxygens (including phenoxy) is 1. The number of carbonyl (C=O) groups excluding carboxylic acids is 2. The summed E-state index contributed by atoms with van der Waals surface area (Å²) in [6.45, 7) is 1.89. The quantitative estimate of drug-likeness (QED) is 0.794. The van der Waals surface area contributed by atoms with E-state index in [0.29, 0.717) is 24.0 Å². The van der Waals surface area contributed by atoms with Gasteiger partial charge in [0.15, 0.2) is 5.76 Å². The first-order chi connectivity index (χ1) is 10.1. The molecule has 2 aromatic carbocycles. The molecule has 0 spiro atoms. The van der Waals surface area contributed by atoms with Crippen LogP contribution in [0.5, 0.6) is 0 Å². The average Bonchev–Trinajstić information content (AvgIpc) is 2.49. The van der Waals surface area contributed by atoms with Crippen molar-refractivity contribution in [2.24, 2.45) is 0 Å². The number of ketones is 1. The third-order valence-electron chi connectivity index (χ3n) is 3.46. The van der Waals surface area contributed by atoms with Gasteiger partial charge in [-0.2, -0.15) is 0 Å². The topological polar surface area (TPSA) is 43.4 Å². The highest BCUT2D eigenvalue weighted by atomic mass is 35.5. The van der Waals surface area contributed by atoms with E-state index in [1.165, 1.54) is 0 Å². The molecule has 1 aliphatic carbocycles. The SMILES string of the molecule is CCCC(=O)OC1=C(Cl)C(=O)c2cccc3cccc1c23. The van der Waals surface area contributed by atoms with Gasteiger partial charge < -0.3 is 4.74 Å². The minimum absolute atomic E-state index is 0.0364. The lowest BCUT2D eigenvalue weighted by Gasteiger charge is -2.19. The molecule has 0 atom stereocenters. The molecule has 0 aliphatic heterocycles. The van der Waals surface area contributed by atoms with Gasteiger partial charge in [-0.05, 0) is 11.8 Å². The van der Waals surface area contributed by atoms with Gasteiger partial charge in [-0.1, -0.05) is 54.9 Å². The molecule has 21 heavy (non-hydrogen) atoms. The number of halogens is 1. The van der Waals surface area contributed by atoms with E-state index >= 15 is 0 Å². The van der Waals surface area contributed by atoms with Crippen molar-refractivity contribution < 1.29 is 14.3 Å². The number of hydrogen-bond acceptors (Lipinski definition) is 3. The van der Waals surface area contributed by atoms with Gasteiger partial charge in [-0.15, -0.1) is 0 Å². The maximum absolute atomic E-state index is 12.4. The highest BCUT2D eigenvalue weighted by Crippen LogP contribution is 2.38. The Balaban J connectivity index is 2.20. The van der Waals surface area contributed by atoms with Crippen LogP contribution in [0.3, 0.4) is 0 Å². The Morgan fingerprint density at radius 1 is 1.14 bits per heavy atom. The summed E-state index contributed by atoms with van der Waals surface area (Å²) in [6.07, 6.45) is 0.970. The number of hydrogen-bond donors (Lipinski definition) is 0. The van der Waals surface area contributed by atoms with Gasteiger partial charge in [-0.25, -0.2) is 0 Å². The molecule has 0 N–H and O–H groups in total. The second kappa shape index (κ2) is 5.34. The van der Waals surface area contributed by atoms with E-state index in [0.717, 1.165) is 10.8 Å². The zero-order valence-electron chi connectivity index (χ0n) is 11.5. The third-order valence-corrected chi connectivity index (χ3v) is 3.81. The normalized spacial score (nSPS) is 13.7. The van der Waals surface area contributed by atoms with E-state index in [-0.39, 0.29) is 22.5 Å². The van der Waals surface area contributed by atoms with Gasteiger partial charge in [0.25, 0.3) is 0 Å². The average molecular weight is 301 g/mol. The van der Waals surface area contributed by atoms with Crippen molar-refractivity contribution >= 4 is 39.9 Å². The Morgan fingerprint density at radius 2 is 1.81 bits per heavy atom. The van der Waals surface area contributed by atoms with E-state index in [1.54, 1.807) is 6.07 Å². The van der Waals surface area contributed by atoms with Crippen molar-refractivity contribution in [3.63, 3.8) is 0 Å². The first kappa shape index (κ1) is 13.8. The molecular weight excluding hydrogens is 288 g/mol. The van der Waals surface area contributed by atoms with Gasteiger partial charge in [-0.3, -0.25) is 9.59 Å². The van der Waals surface area contributed by atoms with Crippen molar-refractivity contribution in [3.05, 3.63) is 52.6 Å². The molecule has 0 unspecified atom stereocenters. The summed E-state index contributed by atoms with van der Waals surface area (Å²) in [5.41, 5.74) is 1.24. The van der Waals surface area contributed by atoms with Crippen molar-refractivity contribution in [3.8, 4) is 0 Å². The summed E-state index contributed by atoms with van der Waals surface area (Å²) >= 11 is 6.14. The van der Waals surface area contributed by atoms with Gasteiger partial charge in [0.05, 0.1) is 0 Å². The summed E-state index contributed by atoms with van der Waals surface area (Å²) in [7, 11) is 0. The van der Waals surface area contributed by atoms with Crippen LogP contribution < -0.4 is 0 Å². The Bertz CT molecular complexity index is 784. The number of allylic oxidation sites excluding steroid dienone is 1. The Kier molecular flexibility index (Phi) is 3.52. The molecule has 3 nitrogen and oxygen atoms in total. The lowest BCUT2D eigenvalue weighted by Crippen LogP contribution is -2.13. The molecule has 106 valence electrons. The molecular formula is C17H13ClO3. The van der Waals surface area contributed by atoms with Crippen LogP contribution in [0, 0.1) is 0 Å². The van der Waals surface area contributed by atoms with E-state index in [2.05, 4.69) is 0 Å². The van der Waals surface area contributed by atoms with Crippen LogP contribution in [0.4, 0.5) is 0 Å². The molecule has 0 saturated heterocycles. The molecule has 0 radical (unpaired) electrons. The maximum Gasteiger partial charge on any atom is 0.311 e.